The van der Waals surface area contributed by atoms with Gasteiger partial charge in [0, 0.05) is 18.4 Å². The summed E-state index contributed by atoms with van der Waals surface area (Å²) in [6.45, 7) is 5.56. The number of carbonyl (C=O) groups is 3. The third kappa shape index (κ3) is 3.89. The highest BCUT2D eigenvalue weighted by molar-refractivity contribution is 6.14. The van der Waals surface area contributed by atoms with Crippen LogP contribution in [0.2, 0.25) is 0 Å². The maximum absolute atomic E-state index is 14.3. The van der Waals surface area contributed by atoms with Crippen LogP contribution in [-0.2, 0) is 16.1 Å². The molecule has 2 aliphatic rings. The minimum absolute atomic E-state index is 0.134. The van der Waals surface area contributed by atoms with E-state index < -0.39 is 5.54 Å². The Balaban J connectivity index is 1.68. The summed E-state index contributed by atoms with van der Waals surface area (Å²) in [6, 6.07) is 17.2. The van der Waals surface area contributed by atoms with Gasteiger partial charge in [0.2, 0.25) is 11.8 Å². The summed E-state index contributed by atoms with van der Waals surface area (Å²) in [5, 5.41) is 6.93. The zero-order chi connectivity index (χ0) is 24.7. The summed E-state index contributed by atoms with van der Waals surface area (Å²) in [6.07, 6.45) is 4.15. The quantitative estimate of drug-likeness (QED) is 0.568. The Labute approximate surface area is 205 Å². The summed E-state index contributed by atoms with van der Waals surface area (Å²) in [7, 11) is 0. The Bertz CT molecular complexity index is 1290. The highest BCUT2D eigenvalue weighted by Gasteiger charge is 2.51. The van der Waals surface area contributed by atoms with Crippen LogP contribution in [0.3, 0.4) is 0 Å². The third-order valence-electron chi connectivity index (χ3n) is 7.54. The molecular formula is C28H32N4O3. The first-order valence-corrected chi connectivity index (χ1v) is 12.4. The topological polar surface area (TPSA) is 83.4 Å². The van der Waals surface area contributed by atoms with E-state index in [4.69, 9.17) is 0 Å². The lowest BCUT2D eigenvalue weighted by molar-refractivity contribution is -0.134. The Morgan fingerprint density at radius 3 is 2.37 bits per heavy atom. The van der Waals surface area contributed by atoms with Crippen molar-refractivity contribution in [3.63, 3.8) is 0 Å². The molecule has 1 aromatic heterocycles. The molecule has 35 heavy (non-hydrogen) atoms. The number of hydrogen-bond acceptors (Lipinski definition) is 3. The van der Waals surface area contributed by atoms with Crippen LogP contribution in [0.15, 0.2) is 54.6 Å². The predicted octanol–water partition coefficient (Wildman–Crippen LogP) is 4.63. The van der Waals surface area contributed by atoms with Gasteiger partial charge >= 0.3 is 0 Å². The van der Waals surface area contributed by atoms with Crippen LogP contribution in [-0.4, -0.2) is 38.8 Å². The Morgan fingerprint density at radius 1 is 1.03 bits per heavy atom. The highest BCUT2D eigenvalue weighted by atomic mass is 16.2. The van der Waals surface area contributed by atoms with Gasteiger partial charge in [-0.25, -0.2) is 0 Å². The second kappa shape index (κ2) is 8.87. The van der Waals surface area contributed by atoms with Crippen LogP contribution >= 0.6 is 0 Å². The highest BCUT2D eigenvalue weighted by Crippen LogP contribution is 2.42. The standard InChI is InChI=1S/C28H32N4O3/c1-18(20-11-5-4-6-12-20)32-26(34)25-24(29-19(2)33)22-15-9-10-16-23(22)31(25)17-28(32,3)27(35)30-21-13-7-8-14-21/h4-6,9-12,15-16,18,21H,7-8,13-14,17H2,1-3H3,(H,29,33)(H,30,35)/t18-,28-/m1/s1. The van der Waals surface area contributed by atoms with Gasteiger partial charge in [0.15, 0.2) is 0 Å². The maximum Gasteiger partial charge on any atom is 0.274 e. The first kappa shape index (κ1) is 23.1. The van der Waals surface area contributed by atoms with E-state index in [9.17, 15) is 14.4 Å². The van der Waals surface area contributed by atoms with Gasteiger partial charge in [-0.05, 0) is 38.3 Å². The van der Waals surface area contributed by atoms with E-state index in [0.717, 1.165) is 42.1 Å². The number of fused-ring (bicyclic) bond motifs is 3. The number of rotatable bonds is 5. The summed E-state index contributed by atoms with van der Waals surface area (Å²) in [5.41, 5.74) is 1.58. The van der Waals surface area contributed by atoms with Crippen molar-refractivity contribution < 1.29 is 14.4 Å². The molecule has 0 saturated heterocycles. The molecule has 2 aromatic carbocycles. The molecule has 1 aliphatic heterocycles. The molecule has 5 rings (SSSR count). The summed E-state index contributed by atoms with van der Waals surface area (Å²) < 4.78 is 1.91. The van der Waals surface area contributed by atoms with Crippen LogP contribution in [0.1, 0.15) is 68.5 Å². The monoisotopic (exact) mass is 472 g/mol. The van der Waals surface area contributed by atoms with Crippen molar-refractivity contribution in [3.05, 3.63) is 65.9 Å². The second-order valence-electron chi connectivity index (χ2n) is 10.00. The van der Waals surface area contributed by atoms with Gasteiger partial charge in [0.25, 0.3) is 5.91 Å². The molecule has 3 amide bonds. The van der Waals surface area contributed by atoms with E-state index >= 15 is 0 Å². The molecule has 2 N–H and O–H groups in total. The molecule has 2 heterocycles. The van der Waals surface area contributed by atoms with Crippen LogP contribution in [0.25, 0.3) is 10.9 Å². The molecule has 0 unspecified atom stereocenters. The van der Waals surface area contributed by atoms with Gasteiger partial charge in [-0.1, -0.05) is 61.4 Å². The normalized spacial score (nSPS) is 21.1. The maximum atomic E-state index is 14.3. The number of aromatic nitrogens is 1. The molecule has 1 saturated carbocycles. The van der Waals surface area contributed by atoms with Crippen molar-refractivity contribution in [1.82, 2.24) is 14.8 Å². The molecule has 182 valence electrons. The van der Waals surface area contributed by atoms with E-state index in [-0.39, 0.29) is 29.8 Å². The number of carbonyl (C=O) groups excluding carboxylic acids is 3. The Hall–Kier alpha value is -3.61. The van der Waals surface area contributed by atoms with Crippen LogP contribution < -0.4 is 10.6 Å². The van der Waals surface area contributed by atoms with Crippen molar-refractivity contribution in [3.8, 4) is 0 Å². The zero-order valence-corrected chi connectivity index (χ0v) is 20.5. The SMILES string of the molecule is CC(=O)Nc1c2n(c3ccccc13)C[C@](C)(C(=O)NC1CCCC1)N([C@H](C)c1ccccc1)C2=O. The van der Waals surface area contributed by atoms with Crippen molar-refractivity contribution in [1.29, 1.82) is 0 Å². The van der Waals surface area contributed by atoms with Crippen LogP contribution in [0.4, 0.5) is 5.69 Å². The number of nitrogens with one attached hydrogen (secondary N) is 2. The van der Waals surface area contributed by atoms with Gasteiger partial charge in [0.1, 0.15) is 11.2 Å². The van der Waals surface area contributed by atoms with Crippen LogP contribution in [0, 0.1) is 0 Å². The van der Waals surface area contributed by atoms with Gasteiger partial charge in [-0.3, -0.25) is 14.4 Å². The molecule has 1 aliphatic carbocycles. The fourth-order valence-corrected chi connectivity index (χ4v) is 5.79. The van der Waals surface area contributed by atoms with E-state index in [1.165, 1.54) is 6.92 Å². The molecule has 0 radical (unpaired) electrons. The minimum Gasteiger partial charge on any atom is -0.351 e. The van der Waals surface area contributed by atoms with Crippen molar-refractivity contribution in [2.45, 2.75) is 70.6 Å². The number of hydrogen-bond donors (Lipinski definition) is 2. The fourth-order valence-electron chi connectivity index (χ4n) is 5.79. The molecule has 0 bridgehead atoms. The molecule has 7 heteroatoms. The lowest BCUT2D eigenvalue weighted by Gasteiger charge is -2.47. The fraction of sp³-hybridized carbons (Fsp3) is 0.393. The molecule has 2 atom stereocenters. The second-order valence-corrected chi connectivity index (χ2v) is 10.00. The number of amides is 3. The van der Waals surface area contributed by atoms with Crippen molar-refractivity contribution in [2.75, 3.05) is 5.32 Å². The minimum atomic E-state index is -1.11. The van der Waals surface area contributed by atoms with Crippen LogP contribution in [0.5, 0.6) is 0 Å². The largest absolute Gasteiger partial charge is 0.351 e. The molecular weight excluding hydrogens is 440 g/mol. The average Bonchev–Trinajstić information content (AvgIpc) is 3.46. The average molecular weight is 473 g/mol. The van der Waals surface area contributed by atoms with E-state index in [0.29, 0.717) is 17.9 Å². The van der Waals surface area contributed by atoms with Gasteiger partial charge in [-0.2, -0.15) is 0 Å². The summed E-state index contributed by atoms with van der Waals surface area (Å²) in [5.74, 6) is -0.645. The smallest absolute Gasteiger partial charge is 0.274 e. The van der Waals surface area contributed by atoms with Crippen molar-refractivity contribution >= 4 is 34.3 Å². The summed E-state index contributed by atoms with van der Waals surface area (Å²) in [4.78, 5) is 42.1. The molecule has 7 nitrogen and oxygen atoms in total. The number of anilines is 1. The number of para-hydroxylation sites is 1. The summed E-state index contributed by atoms with van der Waals surface area (Å²) >= 11 is 0. The van der Waals surface area contributed by atoms with Gasteiger partial charge in [0.05, 0.1) is 23.8 Å². The number of benzene rings is 2. The predicted molar refractivity (Wildman–Crippen MR) is 136 cm³/mol. The van der Waals surface area contributed by atoms with E-state index in [1.807, 2.05) is 73.0 Å². The van der Waals surface area contributed by atoms with E-state index in [1.54, 1.807) is 4.90 Å². The Kier molecular flexibility index (Phi) is 5.87. The zero-order valence-electron chi connectivity index (χ0n) is 20.5. The number of nitrogens with zero attached hydrogens (tertiary/aromatic N) is 2. The lowest BCUT2D eigenvalue weighted by Crippen LogP contribution is -2.65. The lowest BCUT2D eigenvalue weighted by atomic mass is 9.90. The van der Waals surface area contributed by atoms with Gasteiger partial charge in [-0.15, -0.1) is 0 Å². The van der Waals surface area contributed by atoms with Gasteiger partial charge < -0.3 is 20.1 Å². The Morgan fingerprint density at radius 2 is 1.69 bits per heavy atom. The molecule has 3 aromatic rings. The first-order chi connectivity index (χ1) is 16.8. The molecule has 0 spiro atoms. The molecule has 1 fully saturated rings. The van der Waals surface area contributed by atoms with E-state index in [2.05, 4.69) is 10.6 Å². The first-order valence-electron chi connectivity index (χ1n) is 12.4. The van der Waals surface area contributed by atoms with Crippen molar-refractivity contribution in [2.24, 2.45) is 0 Å². The third-order valence-corrected chi connectivity index (χ3v) is 7.54.